The van der Waals surface area contributed by atoms with Crippen LogP contribution in [0.3, 0.4) is 0 Å². The average Bonchev–Trinajstić information content (AvgIpc) is 2.56. The first-order valence-electron chi connectivity index (χ1n) is 7.63. The summed E-state index contributed by atoms with van der Waals surface area (Å²) < 4.78 is 0. The molecule has 2 N–H and O–H groups in total. The van der Waals surface area contributed by atoms with Gasteiger partial charge in [0.1, 0.15) is 11.3 Å². The summed E-state index contributed by atoms with van der Waals surface area (Å²) in [4.78, 5) is 9.12. The molecule has 3 aromatic rings. The molecule has 0 saturated heterocycles. The molecule has 114 valence electrons. The van der Waals surface area contributed by atoms with Crippen LogP contribution in [-0.2, 0) is 6.42 Å². The summed E-state index contributed by atoms with van der Waals surface area (Å²) in [7, 11) is 0. The predicted octanol–water partition coefficient (Wildman–Crippen LogP) is 3.38. The third kappa shape index (κ3) is 2.58. The van der Waals surface area contributed by atoms with Crippen molar-refractivity contribution in [2.75, 3.05) is 0 Å². The lowest BCUT2D eigenvalue weighted by Crippen LogP contribution is -2.08. The van der Waals surface area contributed by atoms with Gasteiger partial charge in [-0.15, -0.1) is 0 Å². The summed E-state index contributed by atoms with van der Waals surface area (Å²) in [6, 6.07) is 13.2. The van der Waals surface area contributed by atoms with Crippen molar-refractivity contribution in [1.82, 2.24) is 9.97 Å². The zero-order chi connectivity index (χ0) is 15.8. The van der Waals surface area contributed by atoms with Gasteiger partial charge in [-0.25, -0.2) is 4.98 Å². The molecule has 0 spiro atoms. The number of para-hydroxylation sites is 1. The molecule has 1 aromatic carbocycles. The standard InChI is InChI=1S/C19H16N2O2/c22-16-5-1-3-12-7-9-14(20-18(12)16)11-15-10-8-13-4-2-6-17(23)19(13)21-15/h1-5,7-10,17,22-23H,6,11H2. The second kappa shape index (κ2) is 5.48. The summed E-state index contributed by atoms with van der Waals surface area (Å²) >= 11 is 0. The van der Waals surface area contributed by atoms with E-state index in [9.17, 15) is 10.2 Å². The van der Waals surface area contributed by atoms with Crippen molar-refractivity contribution in [3.05, 3.63) is 71.2 Å². The number of aromatic nitrogens is 2. The normalized spacial score (nSPS) is 16.5. The second-order valence-corrected chi connectivity index (χ2v) is 5.76. The lowest BCUT2D eigenvalue weighted by Gasteiger charge is -2.16. The number of benzene rings is 1. The van der Waals surface area contributed by atoms with Gasteiger partial charge in [0.2, 0.25) is 0 Å². The monoisotopic (exact) mass is 304 g/mol. The highest BCUT2D eigenvalue weighted by molar-refractivity contribution is 5.84. The van der Waals surface area contributed by atoms with Crippen LogP contribution >= 0.6 is 0 Å². The van der Waals surface area contributed by atoms with Crippen LogP contribution in [0.1, 0.15) is 35.2 Å². The van der Waals surface area contributed by atoms with Crippen molar-refractivity contribution >= 4 is 17.0 Å². The summed E-state index contributed by atoms with van der Waals surface area (Å²) in [6.07, 6.45) is 4.58. The minimum atomic E-state index is -0.538. The molecule has 4 rings (SSSR count). The number of hydrogen-bond acceptors (Lipinski definition) is 4. The molecule has 0 fully saturated rings. The molecule has 23 heavy (non-hydrogen) atoms. The molecular formula is C19H16N2O2. The van der Waals surface area contributed by atoms with Gasteiger partial charge < -0.3 is 10.2 Å². The van der Waals surface area contributed by atoms with Gasteiger partial charge in [0.05, 0.1) is 11.8 Å². The molecule has 2 heterocycles. The lowest BCUT2D eigenvalue weighted by atomic mass is 9.99. The van der Waals surface area contributed by atoms with E-state index in [1.165, 1.54) is 0 Å². The minimum Gasteiger partial charge on any atom is -0.506 e. The Labute approximate surface area is 133 Å². The summed E-state index contributed by atoms with van der Waals surface area (Å²) in [5.41, 5.74) is 4.00. The number of aliphatic hydroxyl groups excluding tert-OH is 1. The van der Waals surface area contributed by atoms with E-state index in [0.717, 1.165) is 28.0 Å². The molecule has 0 bridgehead atoms. The van der Waals surface area contributed by atoms with Crippen molar-refractivity contribution in [3.63, 3.8) is 0 Å². The molecule has 0 aliphatic heterocycles. The molecule has 2 aromatic heterocycles. The summed E-state index contributed by atoms with van der Waals surface area (Å²) in [6.45, 7) is 0. The molecular weight excluding hydrogens is 288 g/mol. The Bertz CT molecular complexity index is 918. The predicted molar refractivity (Wildman–Crippen MR) is 89.1 cm³/mol. The van der Waals surface area contributed by atoms with Crippen LogP contribution < -0.4 is 0 Å². The van der Waals surface area contributed by atoms with E-state index in [1.54, 1.807) is 12.1 Å². The van der Waals surface area contributed by atoms with Crippen LogP contribution in [0, 0.1) is 0 Å². The van der Waals surface area contributed by atoms with Gasteiger partial charge in [0.15, 0.2) is 0 Å². The van der Waals surface area contributed by atoms with Crippen LogP contribution in [0.5, 0.6) is 5.75 Å². The van der Waals surface area contributed by atoms with E-state index >= 15 is 0 Å². The minimum absolute atomic E-state index is 0.184. The van der Waals surface area contributed by atoms with Crippen molar-refractivity contribution in [2.24, 2.45) is 0 Å². The second-order valence-electron chi connectivity index (χ2n) is 5.76. The number of pyridine rings is 2. The zero-order valence-electron chi connectivity index (χ0n) is 12.5. The van der Waals surface area contributed by atoms with Gasteiger partial charge in [0.25, 0.3) is 0 Å². The van der Waals surface area contributed by atoms with E-state index in [0.29, 0.717) is 18.4 Å². The number of phenols is 1. The van der Waals surface area contributed by atoms with Crippen LogP contribution in [0.2, 0.25) is 0 Å². The van der Waals surface area contributed by atoms with Gasteiger partial charge >= 0.3 is 0 Å². The first-order chi connectivity index (χ1) is 11.2. The van der Waals surface area contributed by atoms with Gasteiger partial charge in [-0.3, -0.25) is 4.98 Å². The molecule has 1 atom stereocenters. The number of aromatic hydroxyl groups is 1. The first kappa shape index (κ1) is 13.9. The Kier molecular flexibility index (Phi) is 3.32. The van der Waals surface area contributed by atoms with E-state index in [2.05, 4.69) is 9.97 Å². The van der Waals surface area contributed by atoms with E-state index < -0.39 is 6.10 Å². The Morgan fingerprint density at radius 2 is 1.83 bits per heavy atom. The molecule has 0 amide bonds. The van der Waals surface area contributed by atoms with Gasteiger partial charge in [-0.05, 0) is 30.2 Å². The quantitative estimate of drug-likeness (QED) is 0.761. The highest BCUT2D eigenvalue weighted by atomic mass is 16.3. The molecule has 1 aliphatic rings. The van der Waals surface area contributed by atoms with Gasteiger partial charge in [0, 0.05) is 23.2 Å². The molecule has 0 saturated carbocycles. The highest BCUT2D eigenvalue weighted by Crippen LogP contribution is 2.27. The van der Waals surface area contributed by atoms with Crippen molar-refractivity contribution in [1.29, 1.82) is 0 Å². The lowest BCUT2D eigenvalue weighted by molar-refractivity contribution is 0.175. The smallest absolute Gasteiger partial charge is 0.141 e. The molecule has 4 nitrogen and oxygen atoms in total. The number of aliphatic hydroxyl groups is 1. The fraction of sp³-hybridized carbons (Fsp3) is 0.158. The topological polar surface area (TPSA) is 66.2 Å². The number of phenolic OH excluding ortho intramolecular Hbond substituents is 1. The number of nitrogens with zero attached hydrogens (tertiary/aromatic N) is 2. The molecule has 0 radical (unpaired) electrons. The average molecular weight is 304 g/mol. The summed E-state index contributed by atoms with van der Waals surface area (Å²) in [5.74, 6) is 0.184. The first-order valence-corrected chi connectivity index (χ1v) is 7.63. The maximum atomic E-state index is 10.1. The van der Waals surface area contributed by atoms with Gasteiger partial charge in [-0.2, -0.15) is 0 Å². The van der Waals surface area contributed by atoms with Crippen LogP contribution in [0.15, 0.2) is 48.5 Å². The van der Waals surface area contributed by atoms with E-state index in [1.807, 2.05) is 42.5 Å². The molecule has 1 aliphatic carbocycles. The third-order valence-corrected chi connectivity index (χ3v) is 4.11. The number of rotatable bonds is 2. The Morgan fingerprint density at radius 3 is 2.74 bits per heavy atom. The zero-order valence-corrected chi connectivity index (χ0v) is 12.5. The maximum absolute atomic E-state index is 10.1. The molecule has 4 heteroatoms. The Morgan fingerprint density at radius 1 is 1.00 bits per heavy atom. The van der Waals surface area contributed by atoms with Gasteiger partial charge in [-0.1, -0.05) is 36.4 Å². The van der Waals surface area contributed by atoms with Crippen molar-refractivity contribution in [2.45, 2.75) is 18.9 Å². The third-order valence-electron chi connectivity index (χ3n) is 4.11. The highest BCUT2D eigenvalue weighted by Gasteiger charge is 2.16. The number of fused-ring (bicyclic) bond motifs is 2. The fourth-order valence-corrected chi connectivity index (χ4v) is 2.93. The SMILES string of the molecule is Oc1cccc2ccc(Cc3ccc4c(n3)C(O)CC=C4)nc12. The largest absolute Gasteiger partial charge is 0.506 e. The van der Waals surface area contributed by atoms with E-state index in [4.69, 9.17) is 0 Å². The Hall–Kier alpha value is -2.72. The maximum Gasteiger partial charge on any atom is 0.141 e. The fourth-order valence-electron chi connectivity index (χ4n) is 2.93. The van der Waals surface area contributed by atoms with Crippen LogP contribution in [-0.4, -0.2) is 20.2 Å². The van der Waals surface area contributed by atoms with Crippen LogP contribution in [0.25, 0.3) is 17.0 Å². The number of hydrogen-bond donors (Lipinski definition) is 2. The Balaban J connectivity index is 1.69. The summed E-state index contributed by atoms with van der Waals surface area (Å²) in [5, 5.41) is 20.9. The molecule has 1 unspecified atom stereocenters. The van der Waals surface area contributed by atoms with Crippen molar-refractivity contribution in [3.8, 4) is 5.75 Å². The van der Waals surface area contributed by atoms with Crippen molar-refractivity contribution < 1.29 is 10.2 Å². The van der Waals surface area contributed by atoms with E-state index in [-0.39, 0.29) is 5.75 Å². The van der Waals surface area contributed by atoms with Crippen LogP contribution in [0.4, 0.5) is 0 Å².